The average Bonchev–Trinajstić information content (AvgIpc) is 2.02. The molecule has 1 aromatic carbocycles. The van der Waals surface area contributed by atoms with Gasteiger partial charge in [-0.2, -0.15) is 0 Å². The van der Waals surface area contributed by atoms with Crippen molar-refractivity contribution in [3.8, 4) is 0 Å². The molecule has 68 valence electrons. The van der Waals surface area contributed by atoms with Gasteiger partial charge in [0.1, 0.15) is 0 Å². The van der Waals surface area contributed by atoms with Crippen molar-refractivity contribution in [3.63, 3.8) is 0 Å². The molecule has 13 heavy (non-hydrogen) atoms. The van der Waals surface area contributed by atoms with Gasteiger partial charge in [-0.3, -0.25) is 10.1 Å². The van der Waals surface area contributed by atoms with Crippen molar-refractivity contribution in [3.05, 3.63) is 50.1 Å². The zero-order chi connectivity index (χ0) is 9.84. The molecule has 0 aliphatic heterocycles. The first-order chi connectivity index (χ1) is 6.09. The van der Waals surface area contributed by atoms with Gasteiger partial charge < -0.3 is 0 Å². The molecule has 4 heteroatoms. The molecule has 0 aliphatic rings. The monoisotopic (exact) mass is 241 g/mol. The van der Waals surface area contributed by atoms with Crippen molar-refractivity contribution in [2.75, 3.05) is 0 Å². The Kier molecular flexibility index (Phi) is 3.19. The predicted molar refractivity (Wildman–Crippen MR) is 54.9 cm³/mol. The molecule has 0 spiro atoms. The SMILES string of the molecule is Cc1cc(Br)ccc1/C=C/[N+](=O)[O-]. The molecule has 1 aromatic rings. The molecule has 0 aromatic heterocycles. The van der Waals surface area contributed by atoms with E-state index in [9.17, 15) is 10.1 Å². The lowest BCUT2D eigenvalue weighted by Crippen LogP contribution is -1.84. The fraction of sp³-hybridized carbons (Fsp3) is 0.111. The van der Waals surface area contributed by atoms with Gasteiger partial charge in [0.2, 0.25) is 6.20 Å². The Labute approximate surface area is 84.4 Å². The third-order valence-electron chi connectivity index (χ3n) is 1.61. The van der Waals surface area contributed by atoms with E-state index in [1.54, 1.807) is 0 Å². The molecule has 1 rings (SSSR count). The first-order valence-corrected chi connectivity index (χ1v) is 4.47. The highest BCUT2D eigenvalue weighted by molar-refractivity contribution is 9.10. The van der Waals surface area contributed by atoms with E-state index in [0.717, 1.165) is 21.8 Å². The second-order valence-corrected chi connectivity index (χ2v) is 3.52. The molecular formula is C9H8BrNO2. The molecule has 0 heterocycles. The molecule has 0 saturated carbocycles. The first-order valence-electron chi connectivity index (χ1n) is 3.67. The zero-order valence-corrected chi connectivity index (χ0v) is 8.61. The molecule has 0 bridgehead atoms. The van der Waals surface area contributed by atoms with Crippen LogP contribution >= 0.6 is 15.9 Å². The smallest absolute Gasteiger partial charge is 0.235 e. The number of hydrogen-bond acceptors (Lipinski definition) is 2. The lowest BCUT2D eigenvalue weighted by molar-refractivity contribution is -0.400. The molecule has 3 nitrogen and oxygen atoms in total. The molecule has 0 fully saturated rings. The van der Waals surface area contributed by atoms with E-state index < -0.39 is 4.92 Å². The summed E-state index contributed by atoms with van der Waals surface area (Å²) in [4.78, 5) is 9.59. The van der Waals surface area contributed by atoms with Gasteiger partial charge in [-0.1, -0.05) is 22.0 Å². The third-order valence-corrected chi connectivity index (χ3v) is 2.10. The fourth-order valence-electron chi connectivity index (χ4n) is 0.967. The summed E-state index contributed by atoms with van der Waals surface area (Å²) in [6, 6.07) is 5.60. The predicted octanol–water partition coefficient (Wildman–Crippen LogP) is 3.00. The van der Waals surface area contributed by atoms with Crippen LogP contribution in [-0.4, -0.2) is 4.92 Å². The highest BCUT2D eigenvalue weighted by Crippen LogP contribution is 2.16. The maximum atomic E-state index is 10.1. The van der Waals surface area contributed by atoms with Gasteiger partial charge in [0, 0.05) is 10.5 Å². The normalized spacial score (nSPS) is 10.6. The second kappa shape index (κ2) is 4.18. The van der Waals surface area contributed by atoms with Crippen LogP contribution in [0.15, 0.2) is 28.9 Å². The Morgan fingerprint density at radius 2 is 2.23 bits per heavy atom. The van der Waals surface area contributed by atoms with Crippen molar-refractivity contribution < 1.29 is 4.92 Å². The molecule has 0 aliphatic carbocycles. The maximum Gasteiger partial charge on any atom is 0.235 e. The van der Waals surface area contributed by atoms with Crippen LogP contribution in [0.4, 0.5) is 0 Å². The summed E-state index contributed by atoms with van der Waals surface area (Å²) in [7, 11) is 0. The van der Waals surface area contributed by atoms with Gasteiger partial charge in [0.05, 0.1) is 4.92 Å². The number of benzene rings is 1. The van der Waals surface area contributed by atoms with Gasteiger partial charge in [0.15, 0.2) is 0 Å². The molecule has 0 amide bonds. The van der Waals surface area contributed by atoms with Crippen molar-refractivity contribution in [1.29, 1.82) is 0 Å². The summed E-state index contributed by atoms with van der Waals surface area (Å²) in [5.41, 5.74) is 1.87. The van der Waals surface area contributed by atoms with E-state index in [4.69, 9.17) is 0 Å². The van der Waals surface area contributed by atoms with Crippen LogP contribution in [-0.2, 0) is 0 Å². The summed E-state index contributed by atoms with van der Waals surface area (Å²) < 4.78 is 0.975. The molecule has 0 radical (unpaired) electrons. The van der Waals surface area contributed by atoms with Crippen LogP contribution in [0.3, 0.4) is 0 Å². The summed E-state index contributed by atoms with van der Waals surface area (Å²) in [5.74, 6) is 0. The Bertz CT molecular complexity index is 361. The molecule has 0 N–H and O–H groups in total. The maximum absolute atomic E-state index is 10.1. The van der Waals surface area contributed by atoms with E-state index in [2.05, 4.69) is 15.9 Å². The van der Waals surface area contributed by atoms with Crippen molar-refractivity contribution in [2.45, 2.75) is 6.92 Å². The number of nitrogens with zero attached hydrogens (tertiary/aromatic N) is 1. The second-order valence-electron chi connectivity index (χ2n) is 2.60. The fourth-order valence-corrected chi connectivity index (χ4v) is 1.44. The van der Waals surface area contributed by atoms with Crippen LogP contribution in [0.2, 0.25) is 0 Å². The number of hydrogen-bond donors (Lipinski definition) is 0. The van der Waals surface area contributed by atoms with Crippen molar-refractivity contribution in [1.82, 2.24) is 0 Å². The molecule has 0 atom stereocenters. The molecule has 0 saturated heterocycles. The summed E-state index contributed by atoms with van der Waals surface area (Å²) >= 11 is 3.32. The lowest BCUT2D eigenvalue weighted by atomic mass is 10.1. The number of rotatable bonds is 2. The Hall–Kier alpha value is -1.16. The van der Waals surface area contributed by atoms with E-state index in [-0.39, 0.29) is 0 Å². The topological polar surface area (TPSA) is 43.1 Å². The Balaban J connectivity index is 2.96. The minimum Gasteiger partial charge on any atom is -0.259 e. The van der Waals surface area contributed by atoms with Crippen LogP contribution < -0.4 is 0 Å². The molecule has 0 unspecified atom stereocenters. The van der Waals surface area contributed by atoms with Gasteiger partial charge in [0.25, 0.3) is 0 Å². The standard InChI is InChI=1S/C9H8BrNO2/c1-7-6-9(10)3-2-8(7)4-5-11(12)13/h2-6H,1H3/b5-4+. The minimum atomic E-state index is -0.471. The highest BCUT2D eigenvalue weighted by atomic mass is 79.9. The number of aryl methyl sites for hydroxylation is 1. The van der Waals surface area contributed by atoms with Crippen LogP contribution in [0.25, 0.3) is 6.08 Å². The summed E-state index contributed by atoms with van der Waals surface area (Å²) in [6.07, 6.45) is 2.43. The summed E-state index contributed by atoms with van der Waals surface area (Å²) in [5, 5.41) is 10.1. The largest absolute Gasteiger partial charge is 0.259 e. The van der Waals surface area contributed by atoms with E-state index in [0.29, 0.717) is 0 Å². The van der Waals surface area contributed by atoms with E-state index in [1.165, 1.54) is 6.08 Å². The molecular weight excluding hydrogens is 234 g/mol. The Morgan fingerprint density at radius 1 is 1.54 bits per heavy atom. The van der Waals surface area contributed by atoms with E-state index in [1.807, 2.05) is 25.1 Å². The first kappa shape index (κ1) is 9.92. The number of halogens is 1. The van der Waals surface area contributed by atoms with Gasteiger partial charge in [-0.25, -0.2) is 0 Å². The van der Waals surface area contributed by atoms with Crippen LogP contribution in [0, 0.1) is 17.0 Å². The highest BCUT2D eigenvalue weighted by Gasteiger charge is 1.96. The quantitative estimate of drug-likeness (QED) is 0.590. The Morgan fingerprint density at radius 3 is 2.77 bits per heavy atom. The summed E-state index contributed by atoms with van der Waals surface area (Å²) in [6.45, 7) is 1.91. The van der Waals surface area contributed by atoms with E-state index >= 15 is 0 Å². The van der Waals surface area contributed by atoms with Crippen LogP contribution in [0.1, 0.15) is 11.1 Å². The van der Waals surface area contributed by atoms with Gasteiger partial charge in [-0.15, -0.1) is 0 Å². The number of nitro groups is 1. The van der Waals surface area contributed by atoms with Crippen molar-refractivity contribution >= 4 is 22.0 Å². The van der Waals surface area contributed by atoms with Crippen molar-refractivity contribution in [2.24, 2.45) is 0 Å². The lowest BCUT2D eigenvalue weighted by Gasteiger charge is -1.98. The zero-order valence-electron chi connectivity index (χ0n) is 7.03. The van der Waals surface area contributed by atoms with Gasteiger partial charge in [-0.05, 0) is 30.2 Å². The third kappa shape index (κ3) is 2.99. The minimum absolute atomic E-state index is 0.471. The van der Waals surface area contributed by atoms with Crippen LogP contribution in [0.5, 0.6) is 0 Å². The average molecular weight is 242 g/mol. The van der Waals surface area contributed by atoms with Gasteiger partial charge >= 0.3 is 0 Å².